The first kappa shape index (κ1) is 10.5. The second-order valence-electron chi connectivity index (χ2n) is 4.07. The molecule has 1 rings (SSSR count). The van der Waals surface area contributed by atoms with Crippen LogP contribution in [-0.2, 0) is 4.79 Å². The molecule has 1 heterocycles. The van der Waals surface area contributed by atoms with Gasteiger partial charge in [0.2, 0.25) is 5.91 Å². The number of piperidine rings is 1. The summed E-state index contributed by atoms with van der Waals surface area (Å²) in [5.74, 6) is 0.426. The Labute approximate surface area is 80.5 Å². The van der Waals surface area contributed by atoms with Crippen LogP contribution < -0.4 is 5.32 Å². The van der Waals surface area contributed by atoms with E-state index in [0.717, 1.165) is 19.5 Å². The van der Waals surface area contributed by atoms with Crippen molar-refractivity contribution < 1.29 is 4.79 Å². The monoisotopic (exact) mass is 184 g/mol. The zero-order valence-electron chi connectivity index (χ0n) is 8.84. The summed E-state index contributed by atoms with van der Waals surface area (Å²) in [6, 6.07) is 0.497. The Morgan fingerprint density at radius 3 is 2.77 bits per heavy atom. The molecule has 0 aromatic heterocycles. The number of carbonyl (C=O) groups excluding carboxylic acids is 1. The van der Waals surface area contributed by atoms with E-state index in [0.29, 0.717) is 11.9 Å². The molecule has 1 fully saturated rings. The van der Waals surface area contributed by atoms with Gasteiger partial charge in [0.05, 0.1) is 0 Å². The van der Waals surface area contributed by atoms with Crippen molar-refractivity contribution in [2.45, 2.75) is 32.7 Å². The summed E-state index contributed by atoms with van der Waals surface area (Å²) in [7, 11) is 1.97. The maximum absolute atomic E-state index is 11.7. The van der Waals surface area contributed by atoms with Gasteiger partial charge in [-0.15, -0.1) is 0 Å². The number of rotatable bonds is 2. The van der Waals surface area contributed by atoms with E-state index in [1.165, 1.54) is 6.42 Å². The van der Waals surface area contributed by atoms with Crippen LogP contribution >= 0.6 is 0 Å². The van der Waals surface area contributed by atoms with Crippen LogP contribution in [0.15, 0.2) is 0 Å². The third-order valence-corrected chi connectivity index (χ3v) is 2.64. The number of nitrogens with zero attached hydrogens (tertiary/aromatic N) is 1. The van der Waals surface area contributed by atoms with Gasteiger partial charge in [-0.05, 0) is 19.9 Å². The Balaban J connectivity index is 2.46. The molecule has 1 unspecified atom stereocenters. The summed E-state index contributed by atoms with van der Waals surface area (Å²) in [6.45, 7) is 5.75. The van der Waals surface area contributed by atoms with Gasteiger partial charge in [-0.25, -0.2) is 0 Å². The van der Waals surface area contributed by atoms with Crippen LogP contribution in [0.4, 0.5) is 0 Å². The lowest BCUT2D eigenvalue weighted by molar-refractivity contribution is -0.135. The maximum atomic E-state index is 11.7. The van der Waals surface area contributed by atoms with E-state index in [-0.39, 0.29) is 5.92 Å². The molecule has 0 aliphatic carbocycles. The summed E-state index contributed by atoms with van der Waals surface area (Å²) in [6.07, 6.45) is 2.32. The Kier molecular flexibility index (Phi) is 3.72. The zero-order chi connectivity index (χ0) is 9.84. The fraction of sp³-hybridized carbons (Fsp3) is 0.900. The van der Waals surface area contributed by atoms with E-state index in [1.54, 1.807) is 0 Å². The van der Waals surface area contributed by atoms with Crippen LogP contribution in [0.2, 0.25) is 0 Å². The van der Waals surface area contributed by atoms with Crippen molar-refractivity contribution in [1.29, 1.82) is 0 Å². The van der Waals surface area contributed by atoms with Crippen LogP contribution in [-0.4, -0.2) is 37.0 Å². The van der Waals surface area contributed by atoms with Crippen molar-refractivity contribution in [2.75, 3.05) is 20.1 Å². The van der Waals surface area contributed by atoms with Crippen molar-refractivity contribution in [3.05, 3.63) is 0 Å². The molecule has 1 atom stereocenters. The first-order valence-electron chi connectivity index (χ1n) is 5.11. The quantitative estimate of drug-likeness (QED) is 0.690. The van der Waals surface area contributed by atoms with Crippen molar-refractivity contribution >= 4 is 5.91 Å². The van der Waals surface area contributed by atoms with Crippen LogP contribution in [0.1, 0.15) is 26.7 Å². The molecule has 1 N–H and O–H groups in total. The molecule has 0 bridgehead atoms. The average Bonchev–Trinajstić information content (AvgIpc) is 2.16. The second kappa shape index (κ2) is 4.61. The van der Waals surface area contributed by atoms with E-state index >= 15 is 0 Å². The van der Waals surface area contributed by atoms with Gasteiger partial charge in [0, 0.05) is 25.0 Å². The molecule has 1 aliphatic rings. The number of hydrogen-bond acceptors (Lipinski definition) is 2. The number of nitrogens with one attached hydrogen (secondary N) is 1. The number of carbonyl (C=O) groups is 1. The molecule has 13 heavy (non-hydrogen) atoms. The molecule has 3 heteroatoms. The normalized spacial score (nSPS) is 23.7. The van der Waals surface area contributed by atoms with E-state index in [1.807, 2.05) is 25.8 Å². The smallest absolute Gasteiger partial charge is 0.225 e. The predicted molar refractivity (Wildman–Crippen MR) is 53.5 cm³/mol. The molecule has 1 amide bonds. The van der Waals surface area contributed by atoms with Gasteiger partial charge in [-0.2, -0.15) is 0 Å². The molecule has 1 aliphatic heterocycles. The van der Waals surface area contributed by atoms with E-state index in [4.69, 9.17) is 0 Å². The summed E-state index contributed by atoms with van der Waals surface area (Å²) >= 11 is 0. The minimum absolute atomic E-state index is 0.135. The van der Waals surface area contributed by atoms with Gasteiger partial charge >= 0.3 is 0 Å². The summed E-state index contributed by atoms with van der Waals surface area (Å²) in [5, 5.41) is 3.23. The molecular formula is C10H20N2O. The van der Waals surface area contributed by atoms with Gasteiger partial charge in [0.15, 0.2) is 0 Å². The molecular weight excluding hydrogens is 164 g/mol. The first-order chi connectivity index (χ1) is 6.15. The van der Waals surface area contributed by atoms with Gasteiger partial charge < -0.3 is 10.2 Å². The number of likely N-dealkylation sites (tertiary alicyclic amines) is 1. The van der Waals surface area contributed by atoms with E-state index < -0.39 is 0 Å². The molecule has 0 aromatic rings. The van der Waals surface area contributed by atoms with Crippen LogP contribution in [0.5, 0.6) is 0 Å². The molecule has 1 saturated heterocycles. The topological polar surface area (TPSA) is 32.3 Å². The zero-order valence-corrected chi connectivity index (χ0v) is 8.84. The predicted octanol–water partition coefficient (Wildman–Crippen LogP) is 0.853. The third-order valence-electron chi connectivity index (χ3n) is 2.64. The van der Waals surface area contributed by atoms with Crippen molar-refractivity contribution in [3.8, 4) is 0 Å². The Morgan fingerprint density at radius 2 is 2.23 bits per heavy atom. The largest absolute Gasteiger partial charge is 0.341 e. The second-order valence-corrected chi connectivity index (χ2v) is 4.07. The van der Waals surface area contributed by atoms with Crippen molar-refractivity contribution in [1.82, 2.24) is 10.2 Å². The fourth-order valence-corrected chi connectivity index (χ4v) is 1.78. The van der Waals surface area contributed by atoms with Gasteiger partial charge in [-0.3, -0.25) is 4.79 Å². The molecule has 0 saturated carbocycles. The third kappa shape index (κ3) is 2.69. The number of likely N-dealkylation sites (N-methyl/N-ethyl adjacent to an activating group) is 1. The van der Waals surface area contributed by atoms with E-state index in [2.05, 4.69) is 5.32 Å². The first-order valence-corrected chi connectivity index (χ1v) is 5.11. The highest BCUT2D eigenvalue weighted by Crippen LogP contribution is 2.12. The minimum atomic E-state index is 0.135. The highest BCUT2D eigenvalue weighted by Gasteiger charge is 2.23. The van der Waals surface area contributed by atoms with Crippen molar-refractivity contribution in [2.24, 2.45) is 5.92 Å². The maximum Gasteiger partial charge on any atom is 0.225 e. The Morgan fingerprint density at radius 1 is 1.54 bits per heavy atom. The number of amides is 1. The lowest BCUT2D eigenvalue weighted by Crippen LogP contribution is -2.48. The standard InChI is InChI=1S/C10H20N2O/c1-8(2)10(13)12-6-4-5-9(7-12)11-3/h8-9,11H,4-7H2,1-3H3. The molecule has 0 radical (unpaired) electrons. The molecule has 76 valence electrons. The highest BCUT2D eigenvalue weighted by molar-refractivity contribution is 5.78. The minimum Gasteiger partial charge on any atom is -0.341 e. The van der Waals surface area contributed by atoms with Gasteiger partial charge in [0.25, 0.3) is 0 Å². The Bertz CT molecular complexity index is 180. The molecule has 0 aromatic carbocycles. The molecule has 3 nitrogen and oxygen atoms in total. The van der Waals surface area contributed by atoms with Crippen molar-refractivity contribution in [3.63, 3.8) is 0 Å². The fourth-order valence-electron chi connectivity index (χ4n) is 1.78. The van der Waals surface area contributed by atoms with E-state index in [9.17, 15) is 4.79 Å². The number of hydrogen-bond donors (Lipinski definition) is 1. The highest BCUT2D eigenvalue weighted by atomic mass is 16.2. The summed E-state index contributed by atoms with van der Waals surface area (Å²) in [5.41, 5.74) is 0. The Hall–Kier alpha value is -0.570. The SMILES string of the molecule is CNC1CCCN(C(=O)C(C)C)C1. The van der Waals surface area contributed by atoms with Crippen LogP contribution in [0, 0.1) is 5.92 Å². The summed E-state index contributed by atoms with van der Waals surface area (Å²) in [4.78, 5) is 13.6. The van der Waals surface area contributed by atoms with Crippen LogP contribution in [0.25, 0.3) is 0 Å². The lowest BCUT2D eigenvalue weighted by atomic mass is 10.0. The summed E-state index contributed by atoms with van der Waals surface area (Å²) < 4.78 is 0. The van der Waals surface area contributed by atoms with Crippen LogP contribution in [0.3, 0.4) is 0 Å². The lowest BCUT2D eigenvalue weighted by Gasteiger charge is -2.33. The average molecular weight is 184 g/mol. The van der Waals surface area contributed by atoms with Gasteiger partial charge in [-0.1, -0.05) is 13.8 Å². The molecule has 0 spiro atoms. The van der Waals surface area contributed by atoms with Gasteiger partial charge in [0.1, 0.15) is 0 Å².